The van der Waals surface area contributed by atoms with E-state index >= 15 is 0 Å². The second-order valence-corrected chi connectivity index (χ2v) is 6.66. The maximum absolute atomic E-state index is 13.4. The second-order valence-electron chi connectivity index (χ2n) is 6.66. The molecule has 2 aromatic carbocycles. The first-order valence-electron chi connectivity index (χ1n) is 8.52. The fourth-order valence-electron chi connectivity index (χ4n) is 3.34. The average Bonchev–Trinajstić information content (AvgIpc) is 3.06. The lowest BCUT2D eigenvalue weighted by molar-refractivity contribution is 0.627. The molecule has 0 amide bonds. The molecule has 0 saturated carbocycles. The highest BCUT2D eigenvalue weighted by Crippen LogP contribution is 2.31. The van der Waals surface area contributed by atoms with E-state index in [1.165, 1.54) is 23.7 Å². The topological polar surface area (TPSA) is 48.9 Å². The molecule has 4 rings (SSSR count). The lowest BCUT2D eigenvalue weighted by Gasteiger charge is -2.10. The summed E-state index contributed by atoms with van der Waals surface area (Å²) in [4.78, 5) is 25.3. The van der Waals surface area contributed by atoms with Crippen molar-refractivity contribution in [3.05, 3.63) is 86.9 Å². The van der Waals surface area contributed by atoms with E-state index in [9.17, 15) is 14.0 Å². The van der Waals surface area contributed by atoms with Gasteiger partial charge in [0.1, 0.15) is 5.82 Å². The van der Waals surface area contributed by atoms with E-state index in [-0.39, 0.29) is 17.1 Å². The van der Waals surface area contributed by atoms with Gasteiger partial charge in [-0.25, -0.2) is 9.18 Å². The van der Waals surface area contributed by atoms with Crippen molar-refractivity contribution in [1.82, 2.24) is 13.7 Å². The first-order valence-corrected chi connectivity index (χ1v) is 8.52. The van der Waals surface area contributed by atoms with E-state index in [1.54, 1.807) is 25.4 Å². The van der Waals surface area contributed by atoms with Crippen molar-refractivity contribution in [1.29, 1.82) is 0 Å². The summed E-state index contributed by atoms with van der Waals surface area (Å²) in [5, 5.41) is 0.452. The van der Waals surface area contributed by atoms with Crippen LogP contribution in [0.5, 0.6) is 0 Å². The van der Waals surface area contributed by atoms with Gasteiger partial charge in [-0.05, 0) is 36.8 Å². The van der Waals surface area contributed by atoms with Gasteiger partial charge in [0, 0.05) is 26.0 Å². The summed E-state index contributed by atoms with van der Waals surface area (Å²) in [7, 11) is 3.11. The molecule has 0 bridgehead atoms. The standard InChI is InChI=1S/C21H18FN3O2/c1-13-4-6-14(7-5-13)19-18-17(23(2)21(27)24(3)20(18)26)12-25(19)16-10-8-15(22)9-11-16/h4-12H,1-3H3. The highest BCUT2D eigenvalue weighted by molar-refractivity contribution is 5.94. The van der Waals surface area contributed by atoms with Crippen molar-refractivity contribution in [3.63, 3.8) is 0 Å². The van der Waals surface area contributed by atoms with Gasteiger partial charge in [-0.3, -0.25) is 13.9 Å². The van der Waals surface area contributed by atoms with E-state index in [2.05, 4.69) is 0 Å². The number of halogens is 1. The normalized spacial score (nSPS) is 11.3. The molecular weight excluding hydrogens is 345 g/mol. The van der Waals surface area contributed by atoms with Crippen molar-refractivity contribution in [2.24, 2.45) is 14.1 Å². The summed E-state index contributed by atoms with van der Waals surface area (Å²) in [5.74, 6) is -0.337. The predicted molar refractivity (Wildman–Crippen MR) is 104 cm³/mol. The zero-order valence-electron chi connectivity index (χ0n) is 15.2. The number of benzene rings is 2. The van der Waals surface area contributed by atoms with E-state index in [0.29, 0.717) is 22.3 Å². The lowest BCUT2D eigenvalue weighted by atomic mass is 10.1. The average molecular weight is 363 g/mol. The van der Waals surface area contributed by atoms with Crippen LogP contribution >= 0.6 is 0 Å². The SMILES string of the molecule is Cc1ccc(-c2c3c(=O)n(C)c(=O)n(C)c3cn2-c2ccc(F)cc2)cc1. The first-order chi connectivity index (χ1) is 12.9. The second kappa shape index (κ2) is 6.09. The maximum atomic E-state index is 13.4. The molecule has 0 aliphatic carbocycles. The van der Waals surface area contributed by atoms with Crippen LogP contribution in [0.15, 0.2) is 64.3 Å². The van der Waals surface area contributed by atoms with Crippen LogP contribution in [0.4, 0.5) is 4.39 Å². The van der Waals surface area contributed by atoms with Crippen LogP contribution in [-0.4, -0.2) is 13.7 Å². The maximum Gasteiger partial charge on any atom is 0.330 e. The molecule has 27 heavy (non-hydrogen) atoms. The first kappa shape index (κ1) is 17.0. The molecule has 0 fully saturated rings. The molecule has 2 heterocycles. The van der Waals surface area contributed by atoms with Gasteiger partial charge in [0.25, 0.3) is 5.56 Å². The molecule has 0 aliphatic heterocycles. The van der Waals surface area contributed by atoms with Crippen LogP contribution in [0.2, 0.25) is 0 Å². The fourth-order valence-corrected chi connectivity index (χ4v) is 3.34. The van der Waals surface area contributed by atoms with Crippen molar-refractivity contribution in [3.8, 4) is 16.9 Å². The third-order valence-electron chi connectivity index (χ3n) is 4.87. The summed E-state index contributed by atoms with van der Waals surface area (Å²) in [6.45, 7) is 1.99. The molecular formula is C21H18FN3O2. The molecule has 0 spiro atoms. The molecule has 0 N–H and O–H groups in total. The van der Waals surface area contributed by atoms with E-state index in [4.69, 9.17) is 0 Å². The fraction of sp³-hybridized carbons (Fsp3) is 0.143. The van der Waals surface area contributed by atoms with Crippen LogP contribution in [0.25, 0.3) is 27.8 Å². The monoisotopic (exact) mass is 363 g/mol. The molecule has 0 saturated heterocycles. The largest absolute Gasteiger partial charge is 0.330 e. The number of hydrogen-bond donors (Lipinski definition) is 0. The molecule has 136 valence electrons. The van der Waals surface area contributed by atoms with Gasteiger partial charge in [-0.1, -0.05) is 29.8 Å². The molecule has 0 radical (unpaired) electrons. The molecule has 0 unspecified atom stereocenters. The summed E-state index contributed by atoms with van der Waals surface area (Å²) >= 11 is 0. The van der Waals surface area contributed by atoms with Gasteiger partial charge in [-0.15, -0.1) is 0 Å². The van der Waals surface area contributed by atoms with Crippen molar-refractivity contribution < 1.29 is 4.39 Å². The summed E-state index contributed by atoms with van der Waals surface area (Å²) in [5.41, 5.74) is 3.11. The van der Waals surface area contributed by atoms with Crippen LogP contribution in [0, 0.1) is 12.7 Å². The Bertz CT molecular complexity index is 1280. The Hall–Kier alpha value is -3.41. The number of rotatable bonds is 2. The van der Waals surface area contributed by atoms with Gasteiger partial charge in [0.05, 0.1) is 16.6 Å². The highest BCUT2D eigenvalue weighted by Gasteiger charge is 2.20. The van der Waals surface area contributed by atoms with Gasteiger partial charge >= 0.3 is 5.69 Å². The van der Waals surface area contributed by atoms with Crippen LogP contribution < -0.4 is 11.2 Å². The number of aryl methyl sites for hydroxylation is 2. The van der Waals surface area contributed by atoms with E-state index < -0.39 is 0 Å². The summed E-state index contributed by atoms with van der Waals surface area (Å²) in [6.07, 6.45) is 1.75. The zero-order valence-corrected chi connectivity index (χ0v) is 15.2. The van der Waals surface area contributed by atoms with Gasteiger partial charge in [0.2, 0.25) is 0 Å². The van der Waals surface area contributed by atoms with Gasteiger partial charge < -0.3 is 4.57 Å². The lowest BCUT2D eigenvalue weighted by Crippen LogP contribution is -2.36. The third kappa shape index (κ3) is 2.61. The number of hydrogen-bond acceptors (Lipinski definition) is 2. The Balaban J connectivity index is 2.18. The van der Waals surface area contributed by atoms with Gasteiger partial charge in [-0.2, -0.15) is 0 Å². The smallest absolute Gasteiger partial charge is 0.314 e. The van der Waals surface area contributed by atoms with E-state index in [0.717, 1.165) is 15.7 Å². The Labute approximate surface area is 154 Å². The Morgan fingerprint density at radius 1 is 0.852 bits per heavy atom. The van der Waals surface area contributed by atoms with Crippen LogP contribution in [-0.2, 0) is 14.1 Å². The zero-order chi connectivity index (χ0) is 19.3. The molecule has 6 heteroatoms. The minimum atomic E-state index is -0.390. The quantitative estimate of drug-likeness (QED) is 0.549. The molecule has 4 aromatic rings. The predicted octanol–water partition coefficient (Wildman–Crippen LogP) is 3.14. The Morgan fingerprint density at radius 3 is 2.11 bits per heavy atom. The van der Waals surface area contributed by atoms with E-state index in [1.807, 2.05) is 35.8 Å². The minimum Gasteiger partial charge on any atom is -0.314 e. The molecule has 0 atom stereocenters. The summed E-state index contributed by atoms with van der Waals surface area (Å²) < 4.78 is 17.8. The number of nitrogens with zero attached hydrogens (tertiary/aromatic N) is 3. The number of fused-ring (bicyclic) bond motifs is 1. The highest BCUT2D eigenvalue weighted by atomic mass is 19.1. The molecule has 2 aromatic heterocycles. The number of aromatic nitrogens is 3. The Kier molecular flexibility index (Phi) is 3.84. The van der Waals surface area contributed by atoms with Gasteiger partial charge in [0.15, 0.2) is 0 Å². The summed E-state index contributed by atoms with van der Waals surface area (Å²) in [6, 6.07) is 13.9. The van der Waals surface area contributed by atoms with Crippen molar-refractivity contribution in [2.75, 3.05) is 0 Å². The van der Waals surface area contributed by atoms with Crippen molar-refractivity contribution in [2.45, 2.75) is 6.92 Å². The Morgan fingerprint density at radius 2 is 1.48 bits per heavy atom. The van der Waals surface area contributed by atoms with Crippen molar-refractivity contribution >= 4 is 10.9 Å². The minimum absolute atomic E-state index is 0.337. The molecule has 0 aliphatic rings. The molecule has 5 nitrogen and oxygen atoms in total. The van der Waals surface area contributed by atoms with Crippen LogP contribution in [0.1, 0.15) is 5.56 Å². The third-order valence-corrected chi connectivity index (χ3v) is 4.87. The van der Waals surface area contributed by atoms with Crippen LogP contribution in [0.3, 0.4) is 0 Å².